The fourth-order valence-electron chi connectivity index (χ4n) is 10.2. The van der Waals surface area contributed by atoms with Gasteiger partial charge in [-0.2, -0.15) is 0 Å². The number of hydrogen-bond donors (Lipinski definition) is 1. The number of rotatable bonds is 3. The molecule has 4 heteroatoms. The van der Waals surface area contributed by atoms with E-state index in [1.165, 1.54) is 44.9 Å². The number of carbonyl (C=O) groups excluding carboxylic acids is 1. The van der Waals surface area contributed by atoms with Gasteiger partial charge >= 0.3 is 0 Å². The van der Waals surface area contributed by atoms with E-state index in [4.69, 9.17) is 4.84 Å². The summed E-state index contributed by atoms with van der Waals surface area (Å²) in [5, 5.41) is 15.2. The predicted octanol–water partition coefficient (Wildman–Crippen LogP) is 4.99. The summed E-state index contributed by atoms with van der Waals surface area (Å²) in [6.45, 7) is 9.21. The topological polar surface area (TPSA) is 58.9 Å². The summed E-state index contributed by atoms with van der Waals surface area (Å²) in [7, 11) is 0. The van der Waals surface area contributed by atoms with Crippen molar-refractivity contribution >= 4 is 11.5 Å². The number of nitrogens with zero attached hydrogens (tertiary/aromatic N) is 1. The monoisotopic (exact) mass is 413 g/mol. The molecule has 1 aliphatic heterocycles. The molecule has 0 aromatic carbocycles. The fourth-order valence-corrected chi connectivity index (χ4v) is 10.2. The number of aliphatic hydroxyl groups is 1. The van der Waals surface area contributed by atoms with Gasteiger partial charge in [0.2, 0.25) is 0 Å². The number of fused-ring (bicyclic) bond motifs is 4. The highest BCUT2D eigenvalue weighted by Crippen LogP contribution is 2.80. The lowest BCUT2D eigenvalue weighted by molar-refractivity contribution is -0.153. The molecule has 11 atom stereocenters. The lowest BCUT2D eigenvalue weighted by Crippen LogP contribution is -2.55. The normalized spacial score (nSPS) is 55.6. The number of carbonyl (C=O) groups is 1. The maximum Gasteiger partial charge on any atom is 0.158 e. The van der Waals surface area contributed by atoms with Gasteiger partial charge in [0.05, 0.1) is 11.8 Å². The average molecular weight is 414 g/mol. The summed E-state index contributed by atoms with van der Waals surface area (Å²) in [6.07, 6.45) is 9.71. The van der Waals surface area contributed by atoms with Gasteiger partial charge in [-0.15, -0.1) is 0 Å². The van der Waals surface area contributed by atoms with Crippen molar-refractivity contribution < 1.29 is 14.7 Å². The molecule has 1 N–H and O–H groups in total. The van der Waals surface area contributed by atoms with Crippen LogP contribution in [0.5, 0.6) is 0 Å². The van der Waals surface area contributed by atoms with E-state index in [0.29, 0.717) is 29.5 Å². The number of aliphatic hydroxyl groups excluding tert-OH is 1. The van der Waals surface area contributed by atoms with Gasteiger partial charge in [0.25, 0.3) is 0 Å². The first kappa shape index (κ1) is 19.8. The molecule has 0 amide bonds. The lowest BCUT2D eigenvalue weighted by Gasteiger charge is -2.58. The minimum atomic E-state index is -0.458. The van der Waals surface area contributed by atoms with Crippen molar-refractivity contribution in [3.8, 4) is 0 Å². The van der Waals surface area contributed by atoms with E-state index in [2.05, 4.69) is 25.9 Å². The van der Waals surface area contributed by atoms with Gasteiger partial charge in [-0.25, -0.2) is 0 Å². The zero-order valence-corrected chi connectivity index (χ0v) is 19.2. The Morgan fingerprint density at radius 2 is 1.90 bits per heavy atom. The van der Waals surface area contributed by atoms with E-state index < -0.39 is 6.10 Å². The summed E-state index contributed by atoms with van der Waals surface area (Å²) in [4.78, 5) is 19.0. The summed E-state index contributed by atoms with van der Waals surface area (Å²) < 4.78 is 0. The minimum Gasteiger partial charge on any atom is -0.389 e. The van der Waals surface area contributed by atoms with Crippen LogP contribution in [-0.2, 0) is 9.63 Å². The highest BCUT2D eigenvalue weighted by Gasteiger charge is 2.77. The molecule has 6 rings (SSSR count). The van der Waals surface area contributed by atoms with Crippen LogP contribution in [0.2, 0.25) is 0 Å². The third kappa shape index (κ3) is 2.22. The Morgan fingerprint density at radius 1 is 1.10 bits per heavy atom. The third-order valence-corrected chi connectivity index (χ3v) is 11.8. The molecule has 1 spiro atoms. The van der Waals surface area contributed by atoms with Crippen LogP contribution >= 0.6 is 0 Å². The average Bonchev–Trinajstić information content (AvgIpc) is 2.94. The molecule has 30 heavy (non-hydrogen) atoms. The van der Waals surface area contributed by atoms with E-state index in [9.17, 15) is 9.90 Å². The molecule has 5 fully saturated rings. The van der Waals surface area contributed by atoms with Crippen LogP contribution in [-0.4, -0.2) is 28.8 Å². The first-order chi connectivity index (χ1) is 14.2. The second kappa shape index (κ2) is 6.11. The highest BCUT2D eigenvalue weighted by molar-refractivity contribution is 5.91. The molecule has 0 bridgehead atoms. The zero-order valence-electron chi connectivity index (χ0n) is 19.2. The Labute approximate surface area is 181 Å². The number of Topliss-reactive ketones (excluding diaryl/α,β-unsaturated/α-hetero) is 1. The first-order valence-corrected chi connectivity index (χ1v) is 12.6. The number of hydrogen-bond acceptors (Lipinski definition) is 4. The van der Waals surface area contributed by atoms with Crippen LogP contribution in [0.25, 0.3) is 0 Å². The van der Waals surface area contributed by atoms with Gasteiger partial charge in [0.1, 0.15) is 5.78 Å². The molecular weight excluding hydrogens is 374 g/mol. The largest absolute Gasteiger partial charge is 0.389 e. The molecule has 5 saturated carbocycles. The Balaban J connectivity index is 1.25. The maximum atomic E-state index is 13.5. The van der Waals surface area contributed by atoms with E-state index >= 15 is 0 Å². The van der Waals surface area contributed by atoms with Gasteiger partial charge in [-0.05, 0) is 98.2 Å². The van der Waals surface area contributed by atoms with Gasteiger partial charge in [0, 0.05) is 18.3 Å². The molecule has 1 heterocycles. The number of oxime groups is 1. The summed E-state index contributed by atoms with van der Waals surface area (Å²) in [6, 6.07) is 0. The molecule has 0 aromatic rings. The zero-order chi connectivity index (χ0) is 21.1. The van der Waals surface area contributed by atoms with Crippen LogP contribution in [0.4, 0.5) is 0 Å². The van der Waals surface area contributed by atoms with E-state index in [-0.39, 0.29) is 28.3 Å². The molecule has 4 nitrogen and oxygen atoms in total. The second-order valence-electron chi connectivity index (χ2n) is 12.6. The highest BCUT2D eigenvalue weighted by atomic mass is 16.7. The van der Waals surface area contributed by atoms with Crippen molar-refractivity contribution in [2.75, 3.05) is 0 Å². The quantitative estimate of drug-likeness (QED) is 0.709. The van der Waals surface area contributed by atoms with Gasteiger partial charge in [0.15, 0.2) is 6.10 Å². The second-order valence-corrected chi connectivity index (χ2v) is 12.6. The molecule has 166 valence electrons. The van der Waals surface area contributed by atoms with Crippen LogP contribution in [0, 0.1) is 51.8 Å². The number of ketones is 1. The van der Waals surface area contributed by atoms with Crippen molar-refractivity contribution in [2.45, 2.75) is 97.7 Å². The van der Waals surface area contributed by atoms with Crippen molar-refractivity contribution in [1.82, 2.24) is 0 Å². The molecule has 0 saturated heterocycles. The molecule has 5 aliphatic carbocycles. The Hall–Kier alpha value is -0.900. The van der Waals surface area contributed by atoms with Crippen LogP contribution in [0.1, 0.15) is 85.5 Å². The fraction of sp³-hybridized carbons (Fsp3) is 0.923. The van der Waals surface area contributed by atoms with Crippen molar-refractivity contribution in [3.63, 3.8) is 0 Å². The molecule has 0 aromatic heterocycles. The summed E-state index contributed by atoms with van der Waals surface area (Å²) in [5.74, 6) is 4.04. The third-order valence-electron chi connectivity index (χ3n) is 11.8. The Bertz CT molecular complexity index is 808. The van der Waals surface area contributed by atoms with Crippen molar-refractivity contribution in [2.24, 2.45) is 56.9 Å². The first-order valence-electron chi connectivity index (χ1n) is 12.6. The van der Waals surface area contributed by atoms with Gasteiger partial charge in [-0.1, -0.05) is 25.9 Å². The van der Waals surface area contributed by atoms with Crippen LogP contribution in [0.3, 0.4) is 0 Å². The molecule has 0 radical (unpaired) electrons. The van der Waals surface area contributed by atoms with Gasteiger partial charge in [-0.3, -0.25) is 4.79 Å². The van der Waals surface area contributed by atoms with E-state index in [1.807, 2.05) is 6.92 Å². The van der Waals surface area contributed by atoms with Crippen LogP contribution < -0.4 is 0 Å². The van der Waals surface area contributed by atoms with Crippen molar-refractivity contribution in [1.29, 1.82) is 0 Å². The smallest absolute Gasteiger partial charge is 0.158 e. The summed E-state index contributed by atoms with van der Waals surface area (Å²) >= 11 is 0. The predicted molar refractivity (Wildman–Crippen MR) is 116 cm³/mol. The van der Waals surface area contributed by atoms with Crippen LogP contribution in [0.15, 0.2) is 5.16 Å². The van der Waals surface area contributed by atoms with Gasteiger partial charge < -0.3 is 9.94 Å². The standard InChI is InChI=1S/C26H39NO3/c1-14-11-21(30-27-14)23(29)15(2)18-5-6-19-17-12-22(28)26-13-16(26)7-10-25(26,4)20(17)8-9-24(18,19)3/h15-21,23,29H,5-13H2,1-4H3/t15-,16+,17-,18+,19-,20-,21+,23+,24+,25+,26-/m0/s1. The Kier molecular flexibility index (Phi) is 4.03. The van der Waals surface area contributed by atoms with E-state index in [0.717, 1.165) is 24.5 Å². The summed E-state index contributed by atoms with van der Waals surface area (Å²) in [5.41, 5.74) is 1.59. The Morgan fingerprint density at radius 3 is 2.60 bits per heavy atom. The van der Waals surface area contributed by atoms with Crippen molar-refractivity contribution in [3.05, 3.63) is 0 Å². The lowest BCUT2D eigenvalue weighted by atomic mass is 9.45. The maximum absolute atomic E-state index is 13.5. The minimum absolute atomic E-state index is 0.0844. The molecule has 6 aliphatic rings. The molecular formula is C26H39NO3. The van der Waals surface area contributed by atoms with E-state index in [1.54, 1.807) is 0 Å². The molecule has 0 unspecified atom stereocenters. The SMILES string of the molecule is CC1=NO[C@@H]([C@H](O)[C@@H](C)[C@H]2CC[C@H]3[C@@H]4CC(=O)[C@]56C[C@H]5CC[C@]6(C)[C@H]4CC[C@]23C)C1.